The number of aromatic nitrogens is 1. The van der Waals surface area contributed by atoms with Gasteiger partial charge in [-0.2, -0.15) is 0 Å². The first-order valence-electron chi connectivity index (χ1n) is 3.58. The van der Waals surface area contributed by atoms with E-state index in [1.807, 2.05) is 19.9 Å². The Bertz CT molecular complexity index is 278. The molecule has 1 heterocycles. The minimum absolute atomic E-state index is 0.120. The van der Waals surface area contributed by atoms with Crippen molar-refractivity contribution in [1.82, 2.24) is 4.98 Å². The minimum Gasteiger partial charge on any atom is -0.475 e. The zero-order valence-corrected chi connectivity index (χ0v) is 9.19. The molecule has 0 N–H and O–H groups in total. The summed E-state index contributed by atoms with van der Waals surface area (Å²) in [4.78, 5) is 4.01. The smallest absolute Gasteiger partial charge is 0.214 e. The molecule has 0 amide bonds. The van der Waals surface area contributed by atoms with Crippen molar-refractivity contribution in [2.75, 3.05) is 0 Å². The highest BCUT2D eigenvalue weighted by atomic mass is 79.9. The molecule has 0 saturated carbocycles. The molecule has 1 aromatic rings. The standard InChI is InChI=1S/C8H9BrClNO/c1-5(2)12-7-4-3-6(9)8(10)11-7/h3-5H,1-2H3. The van der Waals surface area contributed by atoms with Gasteiger partial charge in [-0.25, -0.2) is 4.98 Å². The lowest BCUT2D eigenvalue weighted by molar-refractivity contribution is 0.232. The van der Waals surface area contributed by atoms with Gasteiger partial charge >= 0.3 is 0 Å². The fourth-order valence-corrected chi connectivity index (χ4v) is 1.07. The van der Waals surface area contributed by atoms with E-state index < -0.39 is 0 Å². The first-order valence-corrected chi connectivity index (χ1v) is 4.75. The van der Waals surface area contributed by atoms with Gasteiger partial charge in [0.1, 0.15) is 5.15 Å². The third-order valence-corrected chi connectivity index (χ3v) is 2.29. The van der Waals surface area contributed by atoms with Crippen molar-refractivity contribution in [3.05, 3.63) is 21.8 Å². The van der Waals surface area contributed by atoms with Gasteiger partial charge in [0, 0.05) is 6.07 Å². The van der Waals surface area contributed by atoms with E-state index in [-0.39, 0.29) is 6.10 Å². The number of rotatable bonds is 2. The van der Waals surface area contributed by atoms with Crippen LogP contribution in [0.4, 0.5) is 0 Å². The maximum atomic E-state index is 5.76. The van der Waals surface area contributed by atoms with Crippen LogP contribution >= 0.6 is 27.5 Å². The van der Waals surface area contributed by atoms with Crippen LogP contribution in [0.2, 0.25) is 5.15 Å². The van der Waals surface area contributed by atoms with Crippen molar-refractivity contribution in [2.45, 2.75) is 20.0 Å². The fourth-order valence-electron chi connectivity index (χ4n) is 0.708. The lowest BCUT2D eigenvalue weighted by Crippen LogP contribution is -2.06. The van der Waals surface area contributed by atoms with E-state index in [0.29, 0.717) is 11.0 Å². The Kier molecular flexibility index (Phi) is 3.35. The van der Waals surface area contributed by atoms with Gasteiger partial charge in [-0.05, 0) is 35.8 Å². The predicted molar refractivity (Wildman–Crippen MR) is 52.7 cm³/mol. The molecule has 0 fully saturated rings. The van der Waals surface area contributed by atoms with Gasteiger partial charge in [-0.3, -0.25) is 0 Å². The number of pyridine rings is 1. The van der Waals surface area contributed by atoms with Gasteiger partial charge in [0.25, 0.3) is 0 Å². The fraction of sp³-hybridized carbons (Fsp3) is 0.375. The van der Waals surface area contributed by atoms with E-state index in [9.17, 15) is 0 Å². The Labute approximate surface area is 85.0 Å². The summed E-state index contributed by atoms with van der Waals surface area (Å²) in [5, 5.41) is 0.424. The quantitative estimate of drug-likeness (QED) is 0.752. The number of hydrogen-bond donors (Lipinski definition) is 0. The first-order chi connectivity index (χ1) is 5.59. The van der Waals surface area contributed by atoms with Crippen molar-refractivity contribution in [1.29, 1.82) is 0 Å². The molecule has 0 aliphatic carbocycles. The Morgan fingerprint density at radius 2 is 2.17 bits per heavy atom. The van der Waals surface area contributed by atoms with Crippen molar-refractivity contribution in [3.8, 4) is 5.88 Å². The molecule has 2 nitrogen and oxygen atoms in total. The maximum absolute atomic E-state index is 5.76. The topological polar surface area (TPSA) is 22.1 Å². The molecule has 0 radical (unpaired) electrons. The Morgan fingerprint density at radius 3 is 2.67 bits per heavy atom. The Morgan fingerprint density at radius 1 is 1.50 bits per heavy atom. The highest BCUT2D eigenvalue weighted by Gasteiger charge is 2.02. The lowest BCUT2D eigenvalue weighted by atomic mass is 10.4. The average Bonchev–Trinajstić information content (AvgIpc) is 1.96. The van der Waals surface area contributed by atoms with Crippen LogP contribution in [0, 0.1) is 0 Å². The molecule has 12 heavy (non-hydrogen) atoms. The molecule has 1 aromatic heterocycles. The molecule has 0 unspecified atom stereocenters. The van der Waals surface area contributed by atoms with Crippen LogP contribution in [0.3, 0.4) is 0 Å². The van der Waals surface area contributed by atoms with E-state index in [4.69, 9.17) is 16.3 Å². The van der Waals surface area contributed by atoms with Gasteiger partial charge in [0.2, 0.25) is 5.88 Å². The van der Waals surface area contributed by atoms with Gasteiger partial charge in [0.05, 0.1) is 10.6 Å². The van der Waals surface area contributed by atoms with E-state index in [0.717, 1.165) is 4.47 Å². The molecule has 0 atom stereocenters. The third kappa shape index (κ3) is 2.64. The molecule has 0 aliphatic heterocycles. The molecule has 0 spiro atoms. The summed E-state index contributed by atoms with van der Waals surface area (Å²) >= 11 is 9.00. The van der Waals surface area contributed by atoms with Gasteiger partial charge in [0.15, 0.2) is 0 Å². The van der Waals surface area contributed by atoms with Crippen molar-refractivity contribution < 1.29 is 4.74 Å². The molecule has 1 rings (SSSR count). The van der Waals surface area contributed by atoms with Crippen LogP contribution in [0.5, 0.6) is 5.88 Å². The molecule has 4 heteroatoms. The van der Waals surface area contributed by atoms with Crippen molar-refractivity contribution in [3.63, 3.8) is 0 Å². The predicted octanol–water partition coefficient (Wildman–Crippen LogP) is 3.28. The zero-order valence-electron chi connectivity index (χ0n) is 6.84. The summed E-state index contributed by atoms with van der Waals surface area (Å²) in [5.41, 5.74) is 0. The number of nitrogens with zero attached hydrogens (tertiary/aromatic N) is 1. The van der Waals surface area contributed by atoms with Crippen LogP contribution in [0.25, 0.3) is 0 Å². The van der Waals surface area contributed by atoms with E-state index in [1.165, 1.54) is 0 Å². The summed E-state index contributed by atoms with van der Waals surface area (Å²) in [6.07, 6.45) is 0.120. The largest absolute Gasteiger partial charge is 0.475 e. The summed E-state index contributed by atoms with van der Waals surface area (Å²) in [6, 6.07) is 3.59. The monoisotopic (exact) mass is 249 g/mol. The Hall–Kier alpha value is -0.280. The van der Waals surface area contributed by atoms with Crippen molar-refractivity contribution >= 4 is 27.5 Å². The van der Waals surface area contributed by atoms with Crippen LogP contribution in [-0.2, 0) is 0 Å². The normalized spacial score (nSPS) is 10.4. The highest BCUT2D eigenvalue weighted by molar-refractivity contribution is 9.10. The van der Waals surface area contributed by atoms with Crippen LogP contribution < -0.4 is 4.74 Å². The van der Waals surface area contributed by atoms with Crippen molar-refractivity contribution in [2.24, 2.45) is 0 Å². The van der Waals surface area contributed by atoms with Gasteiger partial charge < -0.3 is 4.74 Å². The highest BCUT2D eigenvalue weighted by Crippen LogP contribution is 2.23. The van der Waals surface area contributed by atoms with Gasteiger partial charge in [-0.1, -0.05) is 11.6 Å². The molecule has 0 aromatic carbocycles. The van der Waals surface area contributed by atoms with E-state index >= 15 is 0 Å². The third-order valence-electron chi connectivity index (χ3n) is 1.13. The number of hydrogen-bond acceptors (Lipinski definition) is 2. The molecular weight excluding hydrogens is 241 g/mol. The Balaban J connectivity index is 2.82. The number of halogens is 2. The van der Waals surface area contributed by atoms with Crippen LogP contribution in [0.1, 0.15) is 13.8 Å². The summed E-state index contributed by atoms with van der Waals surface area (Å²) in [6.45, 7) is 3.88. The summed E-state index contributed by atoms with van der Waals surface area (Å²) in [5.74, 6) is 0.554. The van der Waals surface area contributed by atoms with E-state index in [2.05, 4.69) is 20.9 Å². The van der Waals surface area contributed by atoms with E-state index in [1.54, 1.807) is 6.07 Å². The second-order valence-corrected chi connectivity index (χ2v) is 3.80. The SMILES string of the molecule is CC(C)Oc1ccc(Br)c(Cl)n1. The lowest BCUT2D eigenvalue weighted by Gasteiger charge is -2.08. The van der Waals surface area contributed by atoms with Crippen LogP contribution in [-0.4, -0.2) is 11.1 Å². The van der Waals surface area contributed by atoms with Crippen LogP contribution in [0.15, 0.2) is 16.6 Å². The second-order valence-electron chi connectivity index (χ2n) is 2.59. The summed E-state index contributed by atoms with van der Waals surface area (Å²) < 4.78 is 6.11. The van der Waals surface area contributed by atoms with Gasteiger partial charge in [-0.15, -0.1) is 0 Å². The molecule has 0 aliphatic rings. The first kappa shape index (κ1) is 9.81. The molecule has 0 saturated heterocycles. The molecule has 0 bridgehead atoms. The summed E-state index contributed by atoms with van der Waals surface area (Å²) in [7, 11) is 0. The minimum atomic E-state index is 0.120. The maximum Gasteiger partial charge on any atom is 0.214 e. The molecular formula is C8H9BrClNO. The average molecular weight is 251 g/mol. The second kappa shape index (κ2) is 4.10. The zero-order chi connectivity index (χ0) is 9.14. The molecule has 66 valence electrons. The number of ether oxygens (including phenoxy) is 1.